The summed E-state index contributed by atoms with van der Waals surface area (Å²) in [6.07, 6.45) is -5.95. The second-order valence-corrected chi connectivity index (χ2v) is 7.25. The fourth-order valence-corrected chi connectivity index (χ4v) is 3.88. The van der Waals surface area contributed by atoms with Gasteiger partial charge in [0.2, 0.25) is 0 Å². The Labute approximate surface area is 166 Å². The van der Waals surface area contributed by atoms with Gasteiger partial charge in [-0.05, 0) is 25.1 Å². The number of benzene rings is 2. The number of hydrogen-bond acceptors (Lipinski definition) is 4. The van der Waals surface area contributed by atoms with E-state index in [9.17, 15) is 22.8 Å². The number of anilines is 1. The molecule has 0 spiro atoms. The van der Waals surface area contributed by atoms with Crippen LogP contribution < -0.4 is 5.32 Å². The molecule has 4 nitrogen and oxygen atoms in total. The summed E-state index contributed by atoms with van der Waals surface area (Å²) in [7, 11) is 0. The third-order valence-electron chi connectivity index (χ3n) is 3.86. The number of carbonyl (C=O) groups is 2. The van der Waals surface area contributed by atoms with E-state index in [1.54, 1.807) is 24.3 Å². The van der Waals surface area contributed by atoms with Crippen LogP contribution in [-0.2, 0) is 15.7 Å². The van der Waals surface area contributed by atoms with Crippen LogP contribution in [0.15, 0.2) is 48.5 Å². The molecule has 0 aliphatic carbocycles. The molecule has 0 fully saturated rings. The standard InChI is InChI=1S/C19H13ClF3NO3S/c1-10(17(25)24-13-8-4-3-7-12(13)19(21,22)23)27-18(26)16-15(20)11-6-2-5-9-14(11)28-16/h2-10H,1H3,(H,24,25). The Morgan fingerprint density at radius 3 is 2.43 bits per heavy atom. The van der Waals surface area contributed by atoms with Crippen molar-refractivity contribution in [3.63, 3.8) is 0 Å². The van der Waals surface area contributed by atoms with Gasteiger partial charge in [-0.3, -0.25) is 4.79 Å². The molecule has 0 bridgehead atoms. The van der Waals surface area contributed by atoms with E-state index in [1.165, 1.54) is 19.1 Å². The van der Waals surface area contributed by atoms with Crippen LogP contribution in [0.1, 0.15) is 22.2 Å². The number of halogens is 4. The number of ether oxygens (including phenoxy) is 1. The summed E-state index contributed by atoms with van der Waals surface area (Å²) in [4.78, 5) is 24.7. The smallest absolute Gasteiger partial charge is 0.418 e. The molecule has 0 saturated carbocycles. The summed E-state index contributed by atoms with van der Waals surface area (Å²) in [6, 6.07) is 11.6. The number of alkyl halides is 3. The molecule has 0 aliphatic rings. The average Bonchev–Trinajstić information content (AvgIpc) is 2.98. The van der Waals surface area contributed by atoms with Crippen LogP contribution in [0, 0.1) is 0 Å². The third kappa shape index (κ3) is 4.13. The highest BCUT2D eigenvalue weighted by atomic mass is 35.5. The van der Waals surface area contributed by atoms with E-state index in [0.717, 1.165) is 28.2 Å². The number of rotatable bonds is 4. The Morgan fingerprint density at radius 1 is 1.11 bits per heavy atom. The van der Waals surface area contributed by atoms with E-state index in [1.807, 2.05) is 0 Å². The first-order valence-corrected chi connectivity index (χ1v) is 9.23. The maximum atomic E-state index is 13.0. The van der Waals surface area contributed by atoms with Gasteiger partial charge < -0.3 is 10.1 Å². The van der Waals surface area contributed by atoms with Gasteiger partial charge in [-0.1, -0.05) is 41.9 Å². The number of thiophene rings is 1. The summed E-state index contributed by atoms with van der Waals surface area (Å²) in [5.41, 5.74) is -1.41. The monoisotopic (exact) mass is 427 g/mol. The third-order valence-corrected chi connectivity index (χ3v) is 5.52. The van der Waals surface area contributed by atoms with Gasteiger partial charge in [-0.25, -0.2) is 4.79 Å². The van der Waals surface area contributed by atoms with Gasteiger partial charge in [0.05, 0.1) is 16.3 Å². The van der Waals surface area contributed by atoms with Gasteiger partial charge in [0.1, 0.15) is 4.88 Å². The van der Waals surface area contributed by atoms with Crippen molar-refractivity contribution in [2.45, 2.75) is 19.2 Å². The SMILES string of the molecule is CC(OC(=O)c1sc2ccccc2c1Cl)C(=O)Nc1ccccc1C(F)(F)F. The van der Waals surface area contributed by atoms with Crippen LogP contribution in [0.5, 0.6) is 0 Å². The summed E-state index contributed by atoms with van der Waals surface area (Å²) >= 11 is 7.31. The number of fused-ring (bicyclic) bond motifs is 1. The molecule has 146 valence electrons. The van der Waals surface area contributed by atoms with Gasteiger partial charge in [-0.2, -0.15) is 13.2 Å². The predicted molar refractivity (Wildman–Crippen MR) is 102 cm³/mol. The quantitative estimate of drug-likeness (QED) is 0.539. The Kier molecular flexibility index (Phi) is 5.62. The fourth-order valence-electron chi connectivity index (χ4n) is 2.49. The Bertz CT molecular complexity index is 1050. The second kappa shape index (κ2) is 7.81. The lowest BCUT2D eigenvalue weighted by atomic mass is 10.1. The number of nitrogens with one attached hydrogen (secondary N) is 1. The largest absolute Gasteiger partial charge is 0.448 e. The van der Waals surface area contributed by atoms with Crippen molar-refractivity contribution in [3.8, 4) is 0 Å². The highest BCUT2D eigenvalue weighted by Crippen LogP contribution is 2.36. The molecule has 1 amide bonds. The Morgan fingerprint density at radius 2 is 1.75 bits per heavy atom. The van der Waals surface area contributed by atoms with E-state index >= 15 is 0 Å². The molecule has 0 radical (unpaired) electrons. The molecule has 0 saturated heterocycles. The average molecular weight is 428 g/mol. The number of amides is 1. The zero-order chi connectivity index (χ0) is 20.5. The van der Waals surface area contributed by atoms with Crippen LogP contribution in [0.3, 0.4) is 0 Å². The van der Waals surface area contributed by atoms with Crippen LogP contribution in [0.25, 0.3) is 10.1 Å². The topological polar surface area (TPSA) is 55.4 Å². The molecule has 1 N–H and O–H groups in total. The zero-order valence-corrected chi connectivity index (χ0v) is 15.9. The van der Waals surface area contributed by atoms with Crippen molar-refractivity contribution in [3.05, 3.63) is 64.0 Å². The first-order valence-electron chi connectivity index (χ1n) is 8.03. The van der Waals surface area contributed by atoms with E-state index < -0.39 is 35.4 Å². The van der Waals surface area contributed by atoms with Gasteiger partial charge in [0, 0.05) is 10.1 Å². The zero-order valence-electron chi connectivity index (χ0n) is 14.3. The minimum Gasteiger partial charge on any atom is -0.448 e. The van der Waals surface area contributed by atoms with Crippen molar-refractivity contribution >= 4 is 50.6 Å². The van der Waals surface area contributed by atoms with Gasteiger partial charge in [0.25, 0.3) is 5.91 Å². The van der Waals surface area contributed by atoms with E-state index in [4.69, 9.17) is 16.3 Å². The maximum Gasteiger partial charge on any atom is 0.418 e. The van der Waals surface area contributed by atoms with E-state index in [0.29, 0.717) is 5.39 Å². The number of para-hydroxylation sites is 1. The molecule has 0 aliphatic heterocycles. The van der Waals surface area contributed by atoms with Gasteiger partial charge >= 0.3 is 12.1 Å². The molecular weight excluding hydrogens is 415 g/mol. The molecule has 1 atom stereocenters. The van der Waals surface area contributed by atoms with Crippen molar-refractivity contribution < 1.29 is 27.5 Å². The maximum absolute atomic E-state index is 13.0. The fraction of sp³-hybridized carbons (Fsp3) is 0.158. The molecule has 28 heavy (non-hydrogen) atoms. The molecular formula is C19H13ClF3NO3S. The lowest BCUT2D eigenvalue weighted by Crippen LogP contribution is -2.30. The van der Waals surface area contributed by atoms with Gasteiger partial charge in [0.15, 0.2) is 6.10 Å². The summed E-state index contributed by atoms with van der Waals surface area (Å²) in [5.74, 6) is -1.71. The lowest BCUT2D eigenvalue weighted by molar-refractivity contribution is -0.137. The second-order valence-electron chi connectivity index (χ2n) is 5.82. The first-order chi connectivity index (χ1) is 13.2. The molecule has 1 aromatic heterocycles. The highest BCUT2D eigenvalue weighted by molar-refractivity contribution is 7.21. The minimum absolute atomic E-state index is 0.123. The van der Waals surface area contributed by atoms with Crippen molar-refractivity contribution in [1.29, 1.82) is 0 Å². The van der Waals surface area contributed by atoms with Crippen LogP contribution in [0.4, 0.5) is 18.9 Å². The summed E-state index contributed by atoms with van der Waals surface area (Å²) in [5, 5.41) is 3.04. The normalized spacial score (nSPS) is 12.6. The Balaban J connectivity index is 1.74. The number of esters is 1. The van der Waals surface area contributed by atoms with E-state index in [-0.39, 0.29) is 9.90 Å². The number of hydrogen-bond donors (Lipinski definition) is 1. The van der Waals surface area contributed by atoms with Crippen molar-refractivity contribution in [1.82, 2.24) is 0 Å². The molecule has 1 heterocycles. The molecule has 2 aromatic carbocycles. The summed E-state index contributed by atoms with van der Waals surface area (Å²) < 4.78 is 45.0. The van der Waals surface area contributed by atoms with Crippen LogP contribution >= 0.6 is 22.9 Å². The van der Waals surface area contributed by atoms with Crippen LogP contribution in [-0.4, -0.2) is 18.0 Å². The molecule has 3 rings (SSSR count). The van der Waals surface area contributed by atoms with Crippen molar-refractivity contribution in [2.24, 2.45) is 0 Å². The van der Waals surface area contributed by atoms with Crippen LogP contribution in [0.2, 0.25) is 5.02 Å². The number of carbonyl (C=O) groups excluding carboxylic acids is 2. The molecule has 3 aromatic rings. The highest BCUT2D eigenvalue weighted by Gasteiger charge is 2.34. The lowest BCUT2D eigenvalue weighted by Gasteiger charge is -2.16. The Hall–Kier alpha value is -2.58. The molecule has 9 heteroatoms. The summed E-state index contributed by atoms with van der Waals surface area (Å²) in [6.45, 7) is 1.27. The predicted octanol–water partition coefficient (Wildman–Crippen LogP) is 5.76. The first kappa shape index (κ1) is 20.2. The van der Waals surface area contributed by atoms with E-state index in [2.05, 4.69) is 5.32 Å². The van der Waals surface area contributed by atoms with Gasteiger partial charge in [-0.15, -0.1) is 11.3 Å². The van der Waals surface area contributed by atoms with Crippen molar-refractivity contribution in [2.75, 3.05) is 5.32 Å². The molecule has 1 unspecified atom stereocenters. The minimum atomic E-state index is -4.63.